The number of benzene rings is 2. The highest BCUT2D eigenvalue weighted by Crippen LogP contribution is 2.38. The standard InChI is InChI=1S/C20H20BrNO5/c1-11(13-9-17-18(10-14(13)21)25-8-7-24-17)22-20(23)19-12(2)26-15-5-3-4-6-16(15)27-19/h3-6,9-12,19H,7-8H2,1-2H3,(H,22,23). The smallest absolute Gasteiger partial charge is 0.265 e. The van der Waals surface area contributed by atoms with Gasteiger partial charge in [-0.25, -0.2) is 0 Å². The van der Waals surface area contributed by atoms with E-state index < -0.39 is 12.2 Å². The zero-order valence-corrected chi connectivity index (χ0v) is 16.6. The van der Waals surface area contributed by atoms with Gasteiger partial charge < -0.3 is 24.3 Å². The van der Waals surface area contributed by atoms with Crippen LogP contribution < -0.4 is 24.3 Å². The van der Waals surface area contributed by atoms with Crippen molar-refractivity contribution in [2.75, 3.05) is 13.2 Å². The van der Waals surface area contributed by atoms with Gasteiger partial charge in [0.1, 0.15) is 19.3 Å². The molecule has 3 unspecified atom stereocenters. The Labute approximate surface area is 165 Å². The summed E-state index contributed by atoms with van der Waals surface area (Å²) in [7, 11) is 0. The molecule has 2 aromatic carbocycles. The number of carbonyl (C=O) groups is 1. The van der Waals surface area contributed by atoms with Crippen LogP contribution in [0.1, 0.15) is 25.5 Å². The average molecular weight is 434 g/mol. The first-order valence-corrected chi connectivity index (χ1v) is 9.64. The third-order valence-corrected chi connectivity index (χ3v) is 5.27. The van der Waals surface area contributed by atoms with Crippen LogP contribution in [0, 0.1) is 0 Å². The van der Waals surface area contributed by atoms with E-state index in [0.29, 0.717) is 36.2 Å². The van der Waals surface area contributed by atoms with E-state index in [1.54, 1.807) is 6.07 Å². The minimum Gasteiger partial charge on any atom is -0.486 e. The summed E-state index contributed by atoms with van der Waals surface area (Å²) in [6, 6.07) is 10.8. The molecule has 0 saturated heterocycles. The molecule has 142 valence electrons. The summed E-state index contributed by atoms with van der Waals surface area (Å²) in [6.45, 7) is 4.78. The van der Waals surface area contributed by atoms with Crippen molar-refractivity contribution in [1.82, 2.24) is 5.32 Å². The molecule has 1 N–H and O–H groups in total. The lowest BCUT2D eigenvalue weighted by Crippen LogP contribution is -2.49. The Kier molecular flexibility index (Phi) is 4.86. The number of amides is 1. The molecule has 4 rings (SSSR count). The van der Waals surface area contributed by atoms with Crippen LogP contribution in [0.15, 0.2) is 40.9 Å². The number of hydrogen-bond donors (Lipinski definition) is 1. The predicted octanol–water partition coefficient (Wildman–Crippen LogP) is 3.63. The van der Waals surface area contributed by atoms with E-state index >= 15 is 0 Å². The van der Waals surface area contributed by atoms with Crippen molar-refractivity contribution < 1.29 is 23.7 Å². The third kappa shape index (κ3) is 3.56. The average Bonchev–Trinajstić information content (AvgIpc) is 2.66. The van der Waals surface area contributed by atoms with Gasteiger partial charge in [0.15, 0.2) is 23.0 Å². The summed E-state index contributed by atoms with van der Waals surface area (Å²) in [5, 5.41) is 3.00. The van der Waals surface area contributed by atoms with Gasteiger partial charge in [-0.3, -0.25) is 4.79 Å². The zero-order chi connectivity index (χ0) is 19.0. The van der Waals surface area contributed by atoms with Crippen LogP contribution in [0.5, 0.6) is 23.0 Å². The van der Waals surface area contributed by atoms with E-state index in [1.165, 1.54) is 0 Å². The molecule has 2 heterocycles. The van der Waals surface area contributed by atoms with E-state index in [0.717, 1.165) is 10.0 Å². The fourth-order valence-corrected chi connectivity index (χ4v) is 3.86. The summed E-state index contributed by atoms with van der Waals surface area (Å²) in [5.74, 6) is 2.37. The third-order valence-electron chi connectivity index (χ3n) is 4.59. The summed E-state index contributed by atoms with van der Waals surface area (Å²) in [5.41, 5.74) is 0.900. The number of ether oxygens (including phenoxy) is 4. The number of carbonyl (C=O) groups excluding carboxylic acids is 1. The highest BCUT2D eigenvalue weighted by atomic mass is 79.9. The quantitative estimate of drug-likeness (QED) is 0.800. The van der Waals surface area contributed by atoms with E-state index in [-0.39, 0.29) is 11.9 Å². The van der Waals surface area contributed by atoms with E-state index in [4.69, 9.17) is 18.9 Å². The Hall–Kier alpha value is -2.41. The molecule has 3 atom stereocenters. The highest BCUT2D eigenvalue weighted by Gasteiger charge is 2.35. The summed E-state index contributed by atoms with van der Waals surface area (Å²) in [4.78, 5) is 12.8. The molecule has 7 heteroatoms. The Morgan fingerprint density at radius 3 is 2.41 bits per heavy atom. The van der Waals surface area contributed by atoms with Gasteiger partial charge in [-0.2, -0.15) is 0 Å². The molecule has 0 radical (unpaired) electrons. The lowest BCUT2D eigenvalue weighted by molar-refractivity contribution is -0.134. The van der Waals surface area contributed by atoms with Crippen molar-refractivity contribution in [2.45, 2.75) is 32.1 Å². The fourth-order valence-electron chi connectivity index (χ4n) is 3.19. The molecule has 2 aromatic rings. The molecule has 0 fully saturated rings. The van der Waals surface area contributed by atoms with E-state index in [1.807, 2.05) is 44.2 Å². The zero-order valence-electron chi connectivity index (χ0n) is 15.0. The molecule has 0 aromatic heterocycles. The van der Waals surface area contributed by atoms with Gasteiger partial charge in [0.25, 0.3) is 5.91 Å². The monoisotopic (exact) mass is 433 g/mol. The molecule has 0 spiro atoms. The summed E-state index contributed by atoms with van der Waals surface area (Å²) < 4.78 is 23.8. The van der Waals surface area contributed by atoms with E-state index in [2.05, 4.69) is 21.2 Å². The molecule has 0 aliphatic carbocycles. The molecule has 0 saturated carbocycles. The van der Waals surface area contributed by atoms with Crippen LogP contribution in [0.3, 0.4) is 0 Å². The molecule has 1 amide bonds. The molecule has 27 heavy (non-hydrogen) atoms. The highest BCUT2D eigenvalue weighted by molar-refractivity contribution is 9.10. The van der Waals surface area contributed by atoms with Gasteiger partial charge in [-0.15, -0.1) is 0 Å². The largest absolute Gasteiger partial charge is 0.486 e. The maximum Gasteiger partial charge on any atom is 0.265 e. The minimum absolute atomic E-state index is 0.230. The van der Waals surface area contributed by atoms with Crippen LogP contribution in [0.2, 0.25) is 0 Å². The van der Waals surface area contributed by atoms with Gasteiger partial charge >= 0.3 is 0 Å². The van der Waals surface area contributed by atoms with Crippen molar-refractivity contribution >= 4 is 21.8 Å². The van der Waals surface area contributed by atoms with Crippen LogP contribution >= 0.6 is 15.9 Å². The van der Waals surface area contributed by atoms with Gasteiger partial charge in [0.2, 0.25) is 6.10 Å². The Morgan fingerprint density at radius 2 is 1.70 bits per heavy atom. The number of halogens is 1. The predicted molar refractivity (Wildman–Crippen MR) is 103 cm³/mol. The number of rotatable bonds is 3. The first-order chi connectivity index (χ1) is 13.0. The molecular weight excluding hydrogens is 414 g/mol. The fraction of sp³-hybridized carbons (Fsp3) is 0.350. The van der Waals surface area contributed by atoms with Crippen molar-refractivity contribution in [2.24, 2.45) is 0 Å². The second-order valence-corrected chi connectivity index (χ2v) is 7.41. The number of para-hydroxylation sites is 2. The lowest BCUT2D eigenvalue weighted by Gasteiger charge is -2.32. The summed E-state index contributed by atoms with van der Waals surface area (Å²) in [6.07, 6.45) is -1.12. The molecule has 6 nitrogen and oxygen atoms in total. The van der Waals surface area contributed by atoms with Gasteiger partial charge in [-0.05, 0) is 43.7 Å². The molecule has 2 aliphatic heterocycles. The summed E-state index contributed by atoms with van der Waals surface area (Å²) >= 11 is 3.55. The van der Waals surface area contributed by atoms with Crippen molar-refractivity contribution in [3.8, 4) is 23.0 Å². The molecule has 2 aliphatic rings. The maximum absolute atomic E-state index is 12.8. The maximum atomic E-state index is 12.8. The number of fused-ring (bicyclic) bond motifs is 2. The van der Waals surface area contributed by atoms with Gasteiger partial charge in [-0.1, -0.05) is 28.1 Å². The van der Waals surface area contributed by atoms with Crippen molar-refractivity contribution in [3.63, 3.8) is 0 Å². The van der Waals surface area contributed by atoms with Gasteiger partial charge in [0, 0.05) is 4.47 Å². The molecular formula is C20H20BrNO5. The topological polar surface area (TPSA) is 66.0 Å². The first-order valence-electron chi connectivity index (χ1n) is 8.84. The van der Waals surface area contributed by atoms with Crippen LogP contribution in [0.4, 0.5) is 0 Å². The lowest BCUT2D eigenvalue weighted by atomic mass is 10.1. The second kappa shape index (κ2) is 7.31. The van der Waals surface area contributed by atoms with Crippen LogP contribution in [-0.4, -0.2) is 31.3 Å². The first kappa shape index (κ1) is 18.0. The van der Waals surface area contributed by atoms with Gasteiger partial charge in [0.05, 0.1) is 6.04 Å². The Morgan fingerprint density at radius 1 is 1.07 bits per heavy atom. The normalized spacial score (nSPS) is 21.3. The second-order valence-electron chi connectivity index (χ2n) is 6.56. The van der Waals surface area contributed by atoms with E-state index in [9.17, 15) is 4.79 Å². The Balaban J connectivity index is 1.50. The SMILES string of the molecule is CC(NC(=O)C1Oc2ccccc2OC1C)c1cc2c(cc1Br)OCCO2. The van der Waals surface area contributed by atoms with Crippen LogP contribution in [-0.2, 0) is 4.79 Å². The van der Waals surface area contributed by atoms with Crippen LogP contribution in [0.25, 0.3) is 0 Å². The number of nitrogens with one attached hydrogen (secondary N) is 1. The molecule has 0 bridgehead atoms. The number of hydrogen-bond acceptors (Lipinski definition) is 5. The Bertz CT molecular complexity index is 871. The minimum atomic E-state index is -0.724. The van der Waals surface area contributed by atoms with Crippen molar-refractivity contribution in [1.29, 1.82) is 0 Å². The van der Waals surface area contributed by atoms with Crippen molar-refractivity contribution in [3.05, 3.63) is 46.4 Å².